The van der Waals surface area contributed by atoms with Gasteiger partial charge in [-0.3, -0.25) is 0 Å². The summed E-state index contributed by atoms with van der Waals surface area (Å²) in [5.74, 6) is -0.579. The van der Waals surface area contributed by atoms with Crippen molar-refractivity contribution in [1.82, 2.24) is 19.5 Å². The minimum Gasteiger partial charge on any atom is -0.309 e. The number of thiophene rings is 2. The van der Waals surface area contributed by atoms with Crippen LogP contribution in [0.25, 0.3) is 102 Å². The van der Waals surface area contributed by atoms with Crippen LogP contribution in [0, 0.1) is 0 Å². The van der Waals surface area contributed by atoms with Gasteiger partial charge >= 0.3 is 0 Å². The molecule has 0 saturated heterocycles. The first-order chi connectivity index (χ1) is 29.4. The highest BCUT2D eigenvalue weighted by atomic mass is 32.1. The summed E-state index contributed by atoms with van der Waals surface area (Å²) in [5, 5.41) is 6.90. The molecule has 238 valence electrons. The molecule has 0 fully saturated rings. The highest BCUT2D eigenvalue weighted by molar-refractivity contribution is 7.27. The molecule has 11 rings (SSSR count). The summed E-state index contributed by atoms with van der Waals surface area (Å²) in [7, 11) is 0. The van der Waals surface area contributed by atoms with Gasteiger partial charge in [-0.15, -0.1) is 22.7 Å². The summed E-state index contributed by atoms with van der Waals surface area (Å²) in [6, 6.07) is 27.8. The molecular formula is C45H26N4S2. The molecule has 4 heterocycles. The van der Waals surface area contributed by atoms with Crippen LogP contribution >= 0.6 is 22.7 Å². The predicted molar refractivity (Wildman–Crippen MR) is 216 cm³/mol. The largest absolute Gasteiger partial charge is 0.309 e. The van der Waals surface area contributed by atoms with E-state index in [-0.39, 0.29) is 28.6 Å². The monoisotopic (exact) mass is 696 g/mol. The van der Waals surface area contributed by atoms with Crippen molar-refractivity contribution in [3.8, 4) is 39.9 Å². The summed E-state index contributed by atoms with van der Waals surface area (Å²) in [4.78, 5) is 13.6. The molecule has 4 nitrogen and oxygen atoms in total. The standard InChI is InChI=1S/C45H26N4S2/c1-3-11-27(12-4-1)43-46-44(28-13-5-2-6-14-28)48-45(47-43)29-19-21-32-35-26-30(20-24-39(35)50-40(32)25-29)49-36-17-9-7-16-34(36)41-37(49)23-22-33-31-15-8-10-18-38(31)51-42(33)41/h1-26H/i1D,2D,3D,4D,5D,6D,11D,12D,13D,14D. The molecule has 6 heteroatoms. The number of para-hydroxylation sites is 1. The predicted octanol–water partition coefficient (Wildman–Crippen LogP) is 12.7. The molecule has 0 bridgehead atoms. The van der Waals surface area contributed by atoms with Crippen LogP contribution in [0.1, 0.15) is 13.7 Å². The van der Waals surface area contributed by atoms with Gasteiger partial charge in [-0.25, -0.2) is 15.0 Å². The molecule has 0 radical (unpaired) electrons. The maximum absolute atomic E-state index is 8.66. The van der Waals surface area contributed by atoms with Gasteiger partial charge in [0.15, 0.2) is 17.5 Å². The van der Waals surface area contributed by atoms with Gasteiger partial charge in [-0.2, -0.15) is 0 Å². The Hall–Kier alpha value is -6.21. The highest BCUT2D eigenvalue weighted by Crippen LogP contribution is 2.44. The smallest absolute Gasteiger partial charge is 0.164 e. The SMILES string of the molecule is [2H]c1c([2H])c([2H])c(-c2nc(-c3ccc4c(c3)sc3ccc(-n5c6ccccc6c6c7sc8ccccc8c7ccc65)cc34)nc(-c3c([2H])c([2H])c([2H])c([2H])c3[2H])n2)c([2H])c1[2H]. The van der Waals surface area contributed by atoms with Crippen LogP contribution in [0.2, 0.25) is 0 Å². The van der Waals surface area contributed by atoms with E-state index in [1.54, 1.807) is 11.3 Å². The third kappa shape index (κ3) is 4.47. The number of rotatable bonds is 4. The molecule has 0 atom stereocenters. The van der Waals surface area contributed by atoms with Crippen molar-refractivity contribution >= 4 is 84.8 Å². The van der Waals surface area contributed by atoms with Gasteiger partial charge in [-0.1, -0.05) is 115 Å². The van der Waals surface area contributed by atoms with Gasteiger partial charge in [0, 0.05) is 73.5 Å². The van der Waals surface area contributed by atoms with Crippen molar-refractivity contribution in [2.45, 2.75) is 0 Å². The molecule has 7 aromatic carbocycles. The van der Waals surface area contributed by atoms with E-state index in [1.807, 2.05) is 29.5 Å². The van der Waals surface area contributed by atoms with Gasteiger partial charge in [0.1, 0.15) is 0 Å². The fraction of sp³-hybridized carbons (Fsp3) is 0. The Morgan fingerprint density at radius 1 is 0.451 bits per heavy atom. The second kappa shape index (κ2) is 11.2. The molecule has 0 aliphatic carbocycles. The summed E-state index contributed by atoms with van der Waals surface area (Å²) in [6.07, 6.45) is 0. The molecule has 51 heavy (non-hydrogen) atoms. The van der Waals surface area contributed by atoms with Crippen molar-refractivity contribution in [3.05, 3.63) is 157 Å². The van der Waals surface area contributed by atoms with Crippen LogP contribution in [0.4, 0.5) is 0 Å². The lowest BCUT2D eigenvalue weighted by Gasteiger charge is -2.09. The first kappa shape index (κ1) is 20.5. The van der Waals surface area contributed by atoms with E-state index in [0.717, 1.165) is 36.9 Å². The Bertz CT molecular complexity index is 3600. The Balaban J connectivity index is 1.10. The van der Waals surface area contributed by atoms with Crippen LogP contribution in [0.15, 0.2) is 157 Å². The quantitative estimate of drug-likeness (QED) is 0.184. The van der Waals surface area contributed by atoms with E-state index < -0.39 is 60.4 Å². The second-order valence-corrected chi connectivity index (χ2v) is 14.2. The summed E-state index contributed by atoms with van der Waals surface area (Å²) >= 11 is 3.38. The van der Waals surface area contributed by atoms with Gasteiger partial charge in [0.2, 0.25) is 0 Å². The summed E-state index contributed by atoms with van der Waals surface area (Å²) in [5.41, 5.74) is 3.09. The van der Waals surface area contributed by atoms with Gasteiger partial charge in [0.25, 0.3) is 0 Å². The zero-order chi connectivity index (χ0) is 42.2. The van der Waals surface area contributed by atoms with Crippen molar-refractivity contribution in [1.29, 1.82) is 0 Å². The van der Waals surface area contributed by atoms with Crippen molar-refractivity contribution in [2.24, 2.45) is 0 Å². The molecule has 11 aromatic rings. The van der Waals surface area contributed by atoms with Gasteiger partial charge in [-0.05, 0) is 42.5 Å². The Morgan fingerprint density at radius 2 is 1.08 bits per heavy atom. The number of benzene rings is 7. The van der Waals surface area contributed by atoms with Crippen molar-refractivity contribution in [2.75, 3.05) is 0 Å². The lowest BCUT2D eigenvalue weighted by atomic mass is 10.1. The van der Waals surface area contributed by atoms with E-state index in [4.69, 9.17) is 13.7 Å². The van der Waals surface area contributed by atoms with E-state index >= 15 is 0 Å². The van der Waals surface area contributed by atoms with Gasteiger partial charge in [0.05, 0.1) is 24.7 Å². The van der Waals surface area contributed by atoms with Crippen LogP contribution in [0.3, 0.4) is 0 Å². The molecule has 0 spiro atoms. The van der Waals surface area contributed by atoms with Crippen molar-refractivity contribution in [3.63, 3.8) is 0 Å². The Labute approximate surface area is 314 Å². The average Bonchev–Trinajstić information content (AvgIpc) is 3.95. The molecule has 0 saturated carbocycles. The normalized spacial score (nSPS) is 14.7. The highest BCUT2D eigenvalue weighted by Gasteiger charge is 2.19. The summed E-state index contributed by atoms with van der Waals surface area (Å²) in [6.45, 7) is 0. The minimum atomic E-state index is -0.595. The van der Waals surface area contributed by atoms with Crippen LogP contribution in [-0.4, -0.2) is 19.5 Å². The third-order valence-electron chi connectivity index (χ3n) is 9.23. The van der Waals surface area contributed by atoms with Crippen LogP contribution in [0.5, 0.6) is 0 Å². The number of aromatic nitrogens is 4. The Kier molecular flexibility index (Phi) is 4.47. The van der Waals surface area contributed by atoms with E-state index in [2.05, 4.69) is 98.4 Å². The maximum atomic E-state index is 8.66. The molecule has 4 aromatic heterocycles. The summed E-state index contributed by atoms with van der Waals surface area (Å²) < 4.78 is 90.8. The van der Waals surface area contributed by atoms with Crippen LogP contribution < -0.4 is 0 Å². The zero-order valence-electron chi connectivity index (χ0n) is 36.3. The second-order valence-electron chi connectivity index (χ2n) is 12.1. The number of hydrogen-bond acceptors (Lipinski definition) is 5. The topological polar surface area (TPSA) is 43.6 Å². The number of hydrogen-bond donors (Lipinski definition) is 0. The maximum Gasteiger partial charge on any atom is 0.164 e. The Morgan fingerprint density at radius 3 is 1.84 bits per heavy atom. The van der Waals surface area contributed by atoms with E-state index in [1.165, 1.54) is 30.9 Å². The van der Waals surface area contributed by atoms with Crippen LogP contribution in [-0.2, 0) is 0 Å². The first-order valence-electron chi connectivity index (χ1n) is 21.1. The minimum absolute atomic E-state index is 0.0245. The fourth-order valence-electron chi connectivity index (χ4n) is 7.01. The zero-order valence-corrected chi connectivity index (χ0v) is 28.0. The molecule has 0 amide bonds. The molecule has 0 unspecified atom stereocenters. The average molecular weight is 697 g/mol. The first-order valence-corrected chi connectivity index (χ1v) is 17.8. The van der Waals surface area contributed by atoms with E-state index in [0.29, 0.717) is 5.56 Å². The third-order valence-corrected chi connectivity index (χ3v) is 11.6. The number of fused-ring (bicyclic) bond motifs is 10. The van der Waals surface area contributed by atoms with Crippen molar-refractivity contribution < 1.29 is 13.7 Å². The number of nitrogens with zero attached hydrogens (tertiary/aromatic N) is 4. The lowest BCUT2D eigenvalue weighted by Crippen LogP contribution is -1.99. The molecule has 0 aliphatic heterocycles. The lowest BCUT2D eigenvalue weighted by molar-refractivity contribution is 1.07. The molecule has 0 aliphatic rings. The molecular weight excluding hydrogens is 661 g/mol. The van der Waals surface area contributed by atoms with Gasteiger partial charge < -0.3 is 4.57 Å². The van der Waals surface area contributed by atoms with E-state index in [9.17, 15) is 0 Å². The molecule has 0 N–H and O–H groups in total. The fourth-order valence-corrected chi connectivity index (χ4v) is 9.39.